The number of aromatic nitrogens is 3. The van der Waals surface area contributed by atoms with Gasteiger partial charge in [0, 0.05) is 0 Å². The van der Waals surface area contributed by atoms with E-state index < -0.39 is 5.25 Å². The number of para-hydroxylation sites is 1. The number of thioether (sulfide) groups is 1. The molecule has 3 rings (SSSR count). The van der Waals surface area contributed by atoms with Crippen molar-refractivity contribution >= 4 is 17.7 Å². The Kier molecular flexibility index (Phi) is 6.48. The number of hydrogen-bond acceptors (Lipinski definition) is 8. The molecule has 0 aliphatic heterocycles. The van der Waals surface area contributed by atoms with Gasteiger partial charge in [-0.15, -0.1) is 10.2 Å². The van der Waals surface area contributed by atoms with Crippen LogP contribution in [0.1, 0.15) is 19.6 Å². The van der Waals surface area contributed by atoms with Gasteiger partial charge >= 0.3 is 5.97 Å². The molecule has 1 aromatic carbocycles. The summed E-state index contributed by atoms with van der Waals surface area (Å²) in [5.74, 6) is 2.57. The van der Waals surface area contributed by atoms with Crippen LogP contribution in [-0.4, -0.2) is 46.8 Å². The van der Waals surface area contributed by atoms with Crippen molar-refractivity contribution in [2.75, 3.05) is 20.8 Å². The van der Waals surface area contributed by atoms with Gasteiger partial charge in [-0.1, -0.05) is 17.8 Å². The molecule has 9 heteroatoms. The monoisotopic (exact) mass is 417 g/mol. The highest BCUT2D eigenvalue weighted by Gasteiger charge is 2.27. The van der Waals surface area contributed by atoms with Gasteiger partial charge in [-0.2, -0.15) is 0 Å². The topological polar surface area (TPSA) is 88.6 Å². The number of benzene rings is 1. The predicted octanol–water partition coefficient (Wildman–Crippen LogP) is 3.90. The number of furan rings is 1. The molecule has 0 aliphatic rings. The second-order valence-electron chi connectivity index (χ2n) is 6.08. The first kappa shape index (κ1) is 20.8. The van der Waals surface area contributed by atoms with E-state index >= 15 is 0 Å². The zero-order chi connectivity index (χ0) is 21.0. The van der Waals surface area contributed by atoms with E-state index in [0.29, 0.717) is 40.5 Å². The summed E-state index contributed by atoms with van der Waals surface area (Å²) in [7, 11) is 3.15. The number of carbonyl (C=O) groups excluding carboxylic acids is 1. The average Bonchev–Trinajstić information content (AvgIpc) is 3.33. The Balaban J connectivity index is 2.18. The molecule has 154 valence electrons. The fraction of sp³-hybridized carbons (Fsp3) is 0.350. The van der Waals surface area contributed by atoms with Crippen molar-refractivity contribution in [2.24, 2.45) is 0 Å². The van der Waals surface area contributed by atoms with Crippen molar-refractivity contribution in [1.29, 1.82) is 0 Å². The van der Waals surface area contributed by atoms with Crippen molar-refractivity contribution < 1.29 is 23.4 Å². The molecule has 0 saturated carbocycles. The van der Waals surface area contributed by atoms with Gasteiger partial charge in [0.2, 0.25) is 5.82 Å². The lowest BCUT2D eigenvalue weighted by molar-refractivity contribution is -0.142. The summed E-state index contributed by atoms with van der Waals surface area (Å²) < 4.78 is 23.8. The molecule has 2 aromatic heterocycles. The zero-order valence-corrected chi connectivity index (χ0v) is 17.8. The summed E-state index contributed by atoms with van der Waals surface area (Å²) in [6, 6.07) is 9.13. The van der Waals surface area contributed by atoms with Crippen molar-refractivity contribution in [1.82, 2.24) is 14.8 Å². The maximum absolute atomic E-state index is 12.2. The molecule has 3 aromatic rings. The molecule has 0 N–H and O–H groups in total. The number of nitrogens with zero attached hydrogens (tertiary/aromatic N) is 3. The third-order valence-corrected chi connectivity index (χ3v) is 5.14. The minimum Gasteiger partial charge on any atom is -0.494 e. The Labute approximate surface area is 173 Å². The quantitative estimate of drug-likeness (QED) is 0.403. The minimum absolute atomic E-state index is 0.313. The van der Waals surface area contributed by atoms with Crippen molar-refractivity contribution in [3.05, 3.63) is 36.1 Å². The molecule has 1 atom stereocenters. The van der Waals surface area contributed by atoms with Gasteiger partial charge in [0.05, 0.1) is 20.8 Å². The van der Waals surface area contributed by atoms with Crippen molar-refractivity contribution in [2.45, 2.75) is 31.2 Å². The minimum atomic E-state index is -0.482. The largest absolute Gasteiger partial charge is 0.494 e. The van der Waals surface area contributed by atoms with E-state index in [2.05, 4.69) is 10.2 Å². The first-order valence-electron chi connectivity index (χ1n) is 9.07. The molecule has 0 fully saturated rings. The van der Waals surface area contributed by atoms with Crippen molar-refractivity contribution in [3.8, 4) is 28.8 Å². The maximum Gasteiger partial charge on any atom is 0.319 e. The van der Waals surface area contributed by atoms with Crippen LogP contribution in [0.2, 0.25) is 0 Å². The van der Waals surface area contributed by atoms with E-state index in [-0.39, 0.29) is 5.97 Å². The Hall–Kier alpha value is -2.94. The maximum atomic E-state index is 12.2. The van der Waals surface area contributed by atoms with E-state index in [9.17, 15) is 4.79 Å². The van der Waals surface area contributed by atoms with Crippen LogP contribution in [0.3, 0.4) is 0 Å². The Bertz CT molecular complexity index is 976. The average molecular weight is 417 g/mol. The molecule has 0 spiro atoms. The zero-order valence-electron chi connectivity index (χ0n) is 17.0. The number of carbonyl (C=O) groups is 1. The molecule has 0 radical (unpaired) electrons. The highest BCUT2D eigenvalue weighted by molar-refractivity contribution is 8.00. The summed E-state index contributed by atoms with van der Waals surface area (Å²) in [6.45, 7) is 5.70. The normalized spacial score (nSPS) is 11.9. The second-order valence-corrected chi connectivity index (χ2v) is 7.38. The molecule has 0 bridgehead atoms. The number of hydrogen-bond donors (Lipinski definition) is 0. The standard InChI is InChI=1S/C20H23N3O5S/c1-6-27-19(24)13(3)29-20-22-21-18(16-11-10-12(2)28-16)23(20)17-14(25-4)8-7-9-15(17)26-5/h7-11,13H,6H2,1-5H3. The second kappa shape index (κ2) is 9.04. The van der Waals surface area contributed by atoms with Gasteiger partial charge in [-0.25, -0.2) is 0 Å². The van der Waals surface area contributed by atoms with Crippen LogP contribution in [0.5, 0.6) is 11.5 Å². The van der Waals surface area contributed by atoms with E-state index in [1.54, 1.807) is 32.6 Å². The lowest BCUT2D eigenvalue weighted by Gasteiger charge is -2.17. The van der Waals surface area contributed by atoms with Crippen LogP contribution >= 0.6 is 11.8 Å². The predicted molar refractivity (Wildman–Crippen MR) is 109 cm³/mol. The van der Waals surface area contributed by atoms with Crippen molar-refractivity contribution in [3.63, 3.8) is 0 Å². The molecule has 2 heterocycles. The van der Waals surface area contributed by atoms with Crippen LogP contribution in [0.4, 0.5) is 0 Å². The van der Waals surface area contributed by atoms with Crippen LogP contribution in [-0.2, 0) is 9.53 Å². The Morgan fingerprint density at radius 1 is 1.17 bits per heavy atom. The number of methoxy groups -OCH3 is 2. The van der Waals surface area contributed by atoms with Gasteiger partial charge in [0.1, 0.15) is 28.2 Å². The van der Waals surface area contributed by atoms with Crippen LogP contribution < -0.4 is 9.47 Å². The van der Waals surface area contributed by atoms with Gasteiger partial charge in [0.25, 0.3) is 0 Å². The number of aryl methyl sites for hydroxylation is 1. The van der Waals surface area contributed by atoms with Gasteiger partial charge in [0.15, 0.2) is 10.9 Å². The highest BCUT2D eigenvalue weighted by atomic mass is 32.2. The molecule has 0 aliphatic carbocycles. The molecule has 1 unspecified atom stereocenters. The fourth-order valence-corrected chi connectivity index (χ4v) is 3.63. The van der Waals surface area contributed by atoms with E-state index in [1.807, 2.05) is 37.3 Å². The SMILES string of the molecule is CCOC(=O)C(C)Sc1nnc(-c2ccc(C)o2)n1-c1c(OC)cccc1OC. The van der Waals surface area contributed by atoms with Crippen LogP contribution in [0.15, 0.2) is 39.9 Å². The lowest BCUT2D eigenvalue weighted by atomic mass is 10.2. The van der Waals surface area contributed by atoms with Crippen LogP contribution in [0.25, 0.3) is 17.3 Å². The van der Waals surface area contributed by atoms with Crippen LogP contribution in [0, 0.1) is 6.92 Å². The molecule has 0 saturated heterocycles. The Morgan fingerprint density at radius 2 is 1.86 bits per heavy atom. The molecule has 29 heavy (non-hydrogen) atoms. The fourth-order valence-electron chi connectivity index (χ4n) is 2.78. The third-order valence-electron chi connectivity index (χ3n) is 4.12. The Morgan fingerprint density at radius 3 is 2.41 bits per heavy atom. The molecule has 0 amide bonds. The van der Waals surface area contributed by atoms with Gasteiger partial charge < -0.3 is 18.6 Å². The summed E-state index contributed by atoms with van der Waals surface area (Å²) in [5, 5.41) is 8.63. The van der Waals surface area contributed by atoms with Gasteiger partial charge in [-0.3, -0.25) is 9.36 Å². The summed E-state index contributed by atoms with van der Waals surface area (Å²) in [6.07, 6.45) is 0. The number of esters is 1. The van der Waals surface area contributed by atoms with E-state index in [0.717, 1.165) is 5.76 Å². The first-order valence-corrected chi connectivity index (χ1v) is 9.95. The van der Waals surface area contributed by atoms with E-state index in [1.165, 1.54) is 11.8 Å². The van der Waals surface area contributed by atoms with Gasteiger partial charge in [-0.05, 0) is 45.0 Å². The molecule has 8 nitrogen and oxygen atoms in total. The van der Waals surface area contributed by atoms with E-state index in [4.69, 9.17) is 18.6 Å². The smallest absolute Gasteiger partial charge is 0.319 e. The third kappa shape index (κ3) is 4.24. The number of ether oxygens (including phenoxy) is 3. The number of rotatable bonds is 8. The lowest BCUT2D eigenvalue weighted by Crippen LogP contribution is -2.17. The highest BCUT2D eigenvalue weighted by Crippen LogP contribution is 2.39. The summed E-state index contributed by atoms with van der Waals surface area (Å²) in [5.41, 5.74) is 0.616. The first-order chi connectivity index (χ1) is 14.0. The summed E-state index contributed by atoms with van der Waals surface area (Å²) >= 11 is 1.24. The summed E-state index contributed by atoms with van der Waals surface area (Å²) in [4.78, 5) is 12.2. The molecular formula is C20H23N3O5S. The molecular weight excluding hydrogens is 394 g/mol.